The summed E-state index contributed by atoms with van der Waals surface area (Å²) in [6, 6.07) is 6.02. The molecule has 0 N–H and O–H groups in total. The quantitative estimate of drug-likeness (QED) is 0.637. The second-order valence-electron chi connectivity index (χ2n) is 4.53. The fraction of sp³-hybridized carbons (Fsp3) is 0.375. The zero-order chi connectivity index (χ0) is 14.7. The molecule has 0 atom stereocenters. The van der Waals surface area contributed by atoms with Crippen LogP contribution in [0.25, 0.3) is 10.9 Å². The molecule has 0 aliphatic carbocycles. The lowest BCUT2D eigenvalue weighted by Gasteiger charge is -2.09. The summed E-state index contributed by atoms with van der Waals surface area (Å²) in [4.78, 5) is 12.0. The van der Waals surface area contributed by atoms with Crippen molar-refractivity contribution in [3.05, 3.63) is 40.5 Å². The molecule has 0 fully saturated rings. The molecule has 2 aromatic rings. The van der Waals surface area contributed by atoms with Crippen LogP contribution in [0.4, 0.5) is 0 Å². The van der Waals surface area contributed by atoms with Crippen LogP contribution in [0.2, 0.25) is 5.02 Å². The Bertz CT molecular complexity index is 652. The van der Waals surface area contributed by atoms with Crippen LogP contribution in [0, 0.1) is 0 Å². The van der Waals surface area contributed by atoms with E-state index < -0.39 is 0 Å². The predicted molar refractivity (Wildman–Crippen MR) is 80.2 cm³/mol. The van der Waals surface area contributed by atoms with Gasteiger partial charge in [0.2, 0.25) is 5.52 Å². The number of carbonyl (C=O) groups excluding carboxylic acids is 1. The summed E-state index contributed by atoms with van der Waals surface area (Å²) in [7, 11) is 0. The van der Waals surface area contributed by atoms with Crippen molar-refractivity contribution >= 4 is 28.5 Å². The molecule has 0 unspecified atom stereocenters. The molecule has 1 heterocycles. The fourth-order valence-corrected chi connectivity index (χ4v) is 2.69. The van der Waals surface area contributed by atoms with Gasteiger partial charge in [-0.25, -0.2) is 4.79 Å². The van der Waals surface area contributed by atoms with Crippen molar-refractivity contribution in [3.63, 3.8) is 0 Å². The van der Waals surface area contributed by atoms with Gasteiger partial charge in [-0.3, -0.25) is 0 Å². The maximum absolute atomic E-state index is 12.0. The highest BCUT2D eigenvalue weighted by atomic mass is 35.5. The highest BCUT2D eigenvalue weighted by molar-refractivity contribution is 6.38. The lowest BCUT2D eigenvalue weighted by Crippen LogP contribution is -2.35. The lowest BCUT2D eigenvalue weighted by atomic mass is 10.1. The number of aryl methyl sites for hydroxylation is 2. The van der Waals surface area contributed by atoms with E-state index in [-0.39, 0.29) is 5.97 Å². The first-order valence-electron chi connectivity index (χ1n) is 6.94. The van der Waals surface area contributed by atoms with E-state index in [2.05, 4.69) is 24.5 Å². The normalized spacial score (nSPS) is 10.8. The molecule has 106 valence electrons. The minimum atomic E-state index is -0.372. The smallest absolute Gasteiger partial charge is 0.345 e. The first kappa shape index (κ1) is 14.8. The van der Waals surface area contributed by atoms with Gasteiger partial charge in [0.15, 0.2) is 6.20 Å². The van der Waals surface area contributed by atoms with E-state index in [1.54, 1.807) is 13.1 Å². The monoisotopic (exact) mass is 292 g/mol. The molecule has 0 bridgehead atoms. The molecule has 20 heavy (non-hydrogen) atoms. The minimum absolute atomic E-state index is 0.342. The molecule has 1 aromatic heterocycles. The number of hydrogen-bond donors (Lipinski definition) is 0. The Labute approximate surface area is 124 Å². The standard InChI is InChI=1S/C16H19ClNO2/c1-4-11-8-7-9-12-14(17)13(16(19)20-6-3)10-18(5-2)15(11)12/h7-10H,4-6H2,1-3H3/q+1. The van der Waals surface area contributed by atoms with Crippen LogP contribution in [0.5, 0.6) is 0 Å². The molecule has 0 spiro atoms. The first-order valence-corrected chi connectivity index (χ1v) is 7.32. The lowest BCUT2D eigenvalue weighted by molar-refractivity contribution is -0.668. The molecule has 0 aliphatic heterocycles. The van der Waals surface area contributed by atoms with Gasteiger partial charge in [-0.15, -0.1) is 0 Å². The summed E-state index contributed by atoms with van der Waals surface area (Å²) in [6.45, 7) is 7.07. The van der Waals surface area contributed by atoms with E-state index in [0.29, 0.717) is 17.2 Å². The third-order valence-electron chi connectivity index (χ3n) is 3.38. The number of halogens is 1. The number of pyridine rings is 1. The Morgan fingerprint density at radius 1 is 1.30 bits per heavy atom. The number of ether oxygens (including phenoxy) is 1. The Balaban J connectivity index is 2.77. The topological polar surface area (TPSA) is 30.2 Å². The number of benzene rings is 1. The molecule has 0 amide bonds. The molecule has 3 nitrogen and oxygen atoms in total. The van der Waals surface area contributed by atoms with Gasteiger partial charge >= 0.3 is 5.97 Å². The van der Waals surface area contributed by atoms with Crippen molar-refractivity contribution in [1.82, 2.24) is 0 Å². The minimum Gasteiger partial charge on any atom is -0.462 e. The highest BCUT2D eigenvalue weighted by Crippen LogP contribution is 2.27. The Kier molecular flexibility index (Phi) is 4.61. The Morgan fingerprint density at radius 2 is 2.05 bits per heavy atom. The third kappa shape index (κ3) is 2.50. The number of nitrogens with zero attached hydrogens (tertiary/aromatic N) is 1. The highest BCUT2D eigenvalue weighted by Gasteiger charge is 2.23. The molecule has 0 saturated carbocycles. The van der Waals surface area contributed by atoms with E-state index in [1.807, 2.05) is 12.1 Å². The van der Waals surface area contributed by atoms with Gasteiger partial charge in [0.25, 0.3) is 0 Å². The number of para-hydroxylation sites is 1. The van der Waals surface area contributed by atoms with Crippen LogP contribution in [0.15, 0.2) is 24.4 Å². The van der Waals surface area contributed by atoms with Gasteiger partial charge in [0, 0.05) is 5.56 Å². The van der Waals surface area contributed by atoms with E-state index >= 15 is 0 Å². The van der Waals surface area contributed by atoms with Gasteiger partial charge in [0.05, 0.1) is 17.0 Å². The second kappa shape index (κ2) is 6.23. The average molecular weight is 293 g/mol. The van der Waals surface area contributed by atoms with Gasteiger partial charge < -0.3 is 4.74 Å². The average Bonchev–Trinajstić information content (AvgIpc) is 2.47. The van der Waals surface area contributed by atoms with Crippen LogP contribution in [-0.2, 0) is 17.7 Å². The third-order valence-corrected chi connectivity index (χ3v) is 3.79. The van der Waals surface area contributed by atoms with E-state index in [1.165, 1.54) is 5.56 Å². The maximum atomic E-state index is 12.0. The summed E-state index contributed by atoms with van der Waals surface area (Å²) in [6.07, 6.45) is 2.72. The Hall–Kier alpha value is -1.61. The van der Waals surface area contributed by atoms with E-state index in [9.17, 15) is 4.79 Å². The fourth-order valence-electron chi connectivity index (χ4n) is 2.42. The molecule has 0 radical (unpaired) electrons. The van der Waals surface area contributed by atoms with Crippen LogP contribution in [0.3, 0.4) is 0 Å². The van der Waals surface area contributed by atoms with Crippen LogP contribution in [-0.4, -0.2) is 12.6 Å². The van der Waals surface area contributed by atoms with Crippen molar-refractivity contribution in [2.45, 2.75) is 33.7 Å². The van der Waals surface area contributed by atoms with Gasteiger partial charge in [-0.05, 0) is 26.3 Å². The zero-order valence-corrected chi connectivity index (χ0v) is 12.8. The number of carbonyl (C=O) groups is 1. The summed E-state index contributed by atoms with van der Waals surface area (Å²) >= 11 is 6.42. The summed E-state index contributed by atoms with van der Waals surface area (Å²) in [5.41, 5.74) is 2.74. The van der Waals surface area contributed by atoms with Crippen LogP contribution in [0.1, 0.15) is 36.7 Å². The van der Waals surface area contributed by atoms with Crippen molar-refractivity contribution in [2.24, 2.45) is 0 Å². The second-order valence-corrected chi connectivity index (χ2v) is 4.91. The van der Waals surface area contributed by atoms with Gasteiger partial charge in [-0.2, -0.15) is 4.57 Å². The number of aromatic nitrogens is 1. The van der Waals surface area contributed by atoms with Crippen LogP contribution < -0.4 is 4.57 Å². The van der Waals surface area contributed by atoms with Gasteiger partial charge in [-0.1, -0.05) is 30.7 Å². The summed E-state index contributed by atoms with van der Waals surface area (Å²) < 4.78 is 7.14. The predicted octanol–water partition coefficient (Wildman–Crippen LogP) is 3.54. The Morgan fingerprint density at radius 3 is 2.65 bits per heavy atom. The first-order chi connectivity index (χ1) is 9.63. The molecule has 0 saturated heterocycles. The number of fused-ring (bicyclic) bond motifs is 1. The molecule has 4 heteroatoms. The zero-order valence-electron chi connectivity index (χ0n) is 12.1. The van der Waals surface area contributed by atoms with Crippen LogP contribution >= 0.6 is 11.6 Å². The van der Waals surface area contributed by atoms with Crippen molar-refractivity contribution in [2.75, 3.05) is 6.61 Å². The largest absolute Gasteiger partial charge is 0.462 e. The summed E-state index contributed by atoms with van der Waals surface area (Å²) in [5, 5.41) is 1.37. The summed E-state index contributed by atoms with van der Waals surface area (Å²) in [5.74, 6) is -0.372. The number of hydrogen-bond acceptors (Lipinski definition) is 2. The molecule has 1 aromatic carbocycles. The van der Waals surface area contributed by atoms with Crippen molar-refractivity contribution < 1.29 is 14.1 Å². The molecular formula is C16H19ClNO2+. The van der Waals surface area contributed by atoms with E-state index in [0.717, 1.165) is 23.9 Å². The SMILES string of the molecule is CCOC(=O)c1c[n+](CC)c2c(CC)cccc2c1Cl. The van der Waals surface area contributed by atoms with Gasteiger partial charge in [0.1, 0.15) is 12.1 Å². The van der Waals surface area contributed by atoms with E-state index in [4.69, 9.17) is 16.3 Å². The van der Waals surface area contributed by atoms with Crippen molar-refractivity contribution in [3.8, 4) is 0 Å². The molecular weight excluding hydrogens is 274 g/mol. The number of esters is 1. The number of rotatable bonds is 4. The van der Waals surface area contributed by atoms with Crippen molar-refractivity contribution in [1.29, 1.82) is 0 Å². The molecule has 0 aliphatic rings. The maximum Gasteiger partial charge on any atom is 0.345 e. The molecule has 2 rings (SSSR count).